The Bertz CT molecular complexity index is 1130. The van der Waals surface area contributed by atoms with Crippen LogP contribution in [-0.4, -0.2) is 52.2 Å². The van der Waals surface area contributed by atoms with Crippen molar-refractivity contribution in [3.8, 4) is 0 Å². The predicted octanol–water partition coefficient (Wildman–Crippen LogP) is 3.47. The van der Waals surface area contributed by atoms with E-state index in [9.17, 15) is 24.0 Å². The molecule has 1 aliphatic carbocycles. The number of ether oxygens (including phenoxy) is 2. The fourth-order valence-electron chi connectivity index (χ4n) is 4.61. The number of esters is 3. The fraction of sp³-hybridized carbons (Fsp3) is 0.423. The topological polar surface area (TPSA) is 129 Å². The third-order valence-electron chi connectivity index (χ3n) is 6.34. The highest BCUT2D eigenvalue weighted by Crippen LogP contribution is 2.45. The quantitative estimate of drug-likeness (QED) is 0.350. The summed E-state index contributed by atoms with van der Waals surface area (Å²) in [5.41, 5.74) is -1.43. The molecule has 9 nitrogen and oxygen atoms in total. The molecule has 0 bridgehead atoms. The lowest BCUT2D eigenvalue weighted by Crippen LogP contribution is -2.48. The lowest BCUT2D eigenvalue weighted by Gasteiger charge is -2.36. The fourth-order valence-corrected chi connectivity index (χ4v) is 6.14. The van der Waals surface area contributed by atoms with E-state index in [2.05, 4.69) is 5.32 Å². The van der Waals surface area contributed by atoms with Crippen molar-refractivity contribution in [1.29, 1.82) is 0 Å². The van der Waals surface area contributed by atoms with Crippen molar-refractivity contribution >= 4 is 52.5 Å². The van der Waals surface area contributed by atoms with Gasteiger partial charge in [-0.15, -0.1) is 11.8 Å². The number of hydrogen-bond donors (Lipinski definition) is 1. The molecule has 2 fully saturated rings. The zero-order valence-electron chi connectivity index (χ0n) is 20.0. The van der Waals surface area contributed by atoms with Crippen LogP contribution in [0.15, 0.2) is 53.1 Å². The van der Waals surface area contributed by atoms with Crippen LogP contribution in [0.4, 0.5) is 0 Å². The number of amides is 1. The van der Waals surface area contributed by atoms with Gasteiger partial charge in [-0.05, 0) is 31.4 Å². The minimum absolute atomic E-state index is 0.0712. The van der Waals surface area contributed by atoms with Crippen molar-refractivity contribution < 1.29 is 37.9 Å². The molecule has 0 spiro atoms. The van der Waals surface area contributed by atoms with E-state index in [1.807, 2.05) is 0 Å². The van der Waals surface area contributed by atoms with Gasteiger partial charge in [0.15, 0.2) is 0 Å². The Labute approximate surface area is 222 Å². The summed E-state index contributed by atoms with van der Waals surface area (Å²) in [5, 5.41) is 2.57. The summed E-state index contributed by atoms with van der Waals surface area (Å²) in [4.78, 5) is 63.0. The molecule has 1 aromatic carbocycles. The molecule has 0 radical (unpaired) electrons. The van der Waals surface area contributed by atoms with Crippen LogP contribution in [0.3, 0.4) is 0 Å². The van der Waals surface area contributed by atoms with Gasteiger partial charge < -0.3 is 19.2 Å². The number of hydrogen-bond acceptors (Lipinski definition) is 10. The van der Waals surface area contributed by atoms with E-state index in [0.29, 0.717) is 30.6 Å². The standard InChI is InChI=1S/C26H27NO8S2/c28-21(27-19-12-14-37-24(19)31)15-36-16-22(29)34-25(32)26(18-9-4-5-10-18,17-7-2-1-3-8-17)35-23(30)20-11-6-13-33-20/h1-3,6-8,11,13,18-19H,4-5,9-10,12,14-16H2,(H,27,28). The molecule has 1 aromatic heterocycles. The molecule has 2 unspecified atom stereocenters. The molecule has 2 aromatic rings. The van der Waals surface area contributed by atoms with Gasteiger partial charge >= 0.3 is 17.9 Å². The minimum Gasteiger partial charge on any atom is -0.457 e. The molecule has 1 N–H and O–H groups in total. The van der Waals surface area contributed by atoms with Crippen LogP contribution >= 0.6 is 23.5 Å². The maximum atomic E-state index is 13.7. The van der Waals surface area contributed by atoms with Gasteiger partial charge in [-0.1, -0.05) is 54.9 Å². The van der Waals surface area contributed by atoms with Crippen molar-refractivity contribution in [3.63, 3.8) is 0 Å². The van der Waals surface area contributed by atoms with Crippen molar-refractivity contribution in [3.05, 3.63) is 60.1 Å². The Morgan fingerprint density at radius 2 is 1.78 bits per heavy atom. The van der Waals surface area contributed by atoms with Crippen molar-refractivity contribution in [2.24, 2.45) is 5.92 Å². The highest BCUT2D eigenvalue weighted by molar-refractivity contribution is 8.14. The Balaban J connectivity index is 1.46. The van der Waals surface area contributed by atoms with Gasteiger partial charge in [-0.2, -0.15) is 0 Å². The number of rotatable bonds is 10. The summed E-state index contributed by atoms with van der Waals surface area (Å²) in [7, 11) is 0. The Hall–Kier alpha value is -3.05. The summed E-state index contributed by atoms with van der Waals surface area (Å²) in [6.07, 6.45) is 4.80. The molecule has 1 saturated carbocycles. The van der Waals surface area contributed by atoms with Gasteiger partial charge in [-0.3, -0.25) is 14.4 Å². The zero-order chi connectivity index (χ0) is 26.3. The second kappa shape index (κ2) is 12.5. The van der Waals surface area contributed by atoms with Crippen molar-refractivity contribution in [2.45, 2.75) is 43.7 Å². The Morgan fingerprint density at radius 3 is 2.43 bits per heavy atom. The summed E-state index contributed by atoms with van der Waals surface area (Å²) < 4.78 is 16.3. The van der Waals surface area contributed by atoms with E-state index in [0.717, 1.165) is 24.6 Å². The second-order valence-corrected chi connectivity index (χ2v) is 10.9. The molecule has 1 aliphatic heterocycles. The molecule has 37 heavy (non-hydrogen) atoms. The lowest BCUT2D eigenvalue weighted by molar-refractivity contribution is -0.180. The van der Waals surface area contributed by atoms with Crippen LogP contribution in [0.1, 0.15) is 48.2 Å². The van der Waals surface area contributed by atoms with Gasteiger partial charge in [0.25, 0.3) is 0 Å². The molecule has 11 heteroatoms. The molecule has 1 amide bonds. The molecular formula is C26H27NO8S2. The van der Waals surface area contributed by atoms with Crippen molar-refractivity contribution in [2.75, 3.05) is 17.3 Å². The predicted molar refractivity (Wildman–Crippen MR) is 137 cm³/mol. The minimum atomic E-state index is -1.83. The van der Waals surface area contributed by atoms with Crippen molar-refractivity contribution in [1.82, 2.24) is 5.32 Å². The molecule has 2 atom stereocenters. The maximum Gasteiger partial charge on any atom is 0.375 e. The summed E-state index contributed by atoms with van der Waals surface area (Å²) in [6, 6.07) is 11.0. The van der Waals surface area contributed by atoms with E-state index in [1.165, 1.54) is 30.2 Å². The van der Waals surface area contributed by atoms with E-state index in [4.69, 9.17) is 13.9 Å². The first-order chi connectivity index (χ1) is 17.9. The third kappa shape index (κ3) is 6.45. The number of carbonyl (C=O) groups excluding carboxylic acids is 5. The van der Waals surface area contributed by atoms with E-state index in [-0.39, 0.29) is 28.3 Å². The van der Waals surface area contributed by atoms with Gasteiger partial charge in [-0.25, -0.2) is 9.59 Å². The molecule has 196 valence electrons. The van der Waals surface area contributed by atoms with Crippen LogP contribution in [0, 0.1) is 5.92 Å². The molecule has 2 heterocycles. The highest BCUT2D eigenvalue weighted by Gasteiger charge is 2.54. The van der Waals surface area contributed by atoms with Crippen LogP contribution in [0.2, 0.25) is 0 Å². The largest absolute Gasteiger partial charge is 0.457 e. The molecule has 1 saturated heterocycles. The molecular weight excluding hydrogens is 518 g/mol. The van der Waals surface area contributed by atoms with Crippen LogP contribution in [-0.2, 0) is 34.3 Å². The first-order valence-electron chi connectivity index (χ1n) is 12.0. The summed E-state index contributed by atoms with van der Waals surface area (Å²) in [5.74, 6) is -3.19. The lowest BCUT2D eigenvalue weighted by atomic mass is 9.79. The number of carbonyl (C=O) groups is 5. The smallest absolute Gasteiger partial charge is 0.375 e. The first kappa shape index (κ1) is 27.0. The number of benzene rings is 1. The SMILES string of the molecule is O=C(CSCC(=O)OC(=O)C(OC(=O)c1ccco1)(c1ccccc1)C1CCCC1)NC1CCSC1=O. The number of nitrogens with one attached hydrogen (secondary N) is 1. The number of thioether (sulfide) groups is 2. The second-order valence-electron chi connectivity index (χ2n) is 8.78. The Morgan fingerprint density at radius 1 is 1.03 bits per heavy atom. The number of furan rings is 1. The maximum absolute atomic E-state index is 13.7. The molecule has 4 rings (SSSR count). The average molecular weight is 546 g/mol. The summed E-state index contributed by atoms with van der Waals surface area (Å²) >= 11 is 2.15. The normalized spacial score (nSPS) is 19.2. The van der Waals surface area contributed by atoms with Gasteiger partial charge in [0.1, 0.15) is 0 Å². The average Bonchev–Trinajstić information content (AvgIpc) is 3.67. The van der Waals surface area contributed by atoms with Crippen LogP contribution in [0.5, 0.6) is 0 Å². The zero-order valence-corrected chi connectivity index (χ0v) is 21.6. The third-order valence-corrected chi connectivity index (χ3v) is 8.26. The first-order valence-corrected chi connectivity index (χ1v) is 14.2. The van der Waals surface area contributed by atoms with Gasteiger partial charge in [0.2, 0.25) is 22.4 Å². The molecule has 2 aliphatic rings. The summed E-state index contributed by atoms with van der Waals surface area (Å²) in [6.45, 7) is 0. The van der Waals surface area contributed by atoms with E-state index >= 15 is 0 Å². The van der Waals surface area contributed by atoms with Gasteiger partial charge in [0, 0.05) is 17.2 Å². The Kier molecular flexibility index (Phi) is 9.09. The monoisotopic (exact) mass is 545 g/mol. The van der Waals surface area contributed by atoms with E-state index < -0.39 is 35.5 Å². The van der Waals surface area contributed by atoms with Crippen LogP contribution in [0.25, 0.3) is 0 Å². The van der Waals surface area contributed by atoms with Gasteiger partial charge in [0.05, 0.1) is 23.8 Å². The highest BCUT2D eigenvalue weighted by atomic mass is 32.2. The van der Waals surface area contributed by atoms with E-state index in [1.54, 1.807) is 30.3 Å². The van der Waals surface area contributed by atoms with Crippen LogP contribution < -0.4 is 5.32 Å².